The molecule has 20 heavy (non-hydrogen) atoms. The van der Waals surface area contributed by atoms with E-state index < -0.39 is 5.60 Å². The SMILES string of the molecule is Cc1ccc(CC(=O)NCC2(O)CCCCC2)cc1C. The molecule has 110 valence electrons. The third-order valence-electron chi connectivity index (χ3n) is 4.33. The number of benzene rings is 1. The molecule has 0 saturated heterocycles. The number of carbonyl (C=O) groups excluding carboxylic acids is 1. The summed E-state index contributed by atoms with van der Waals surface area (Å²) in [5, 5.41) is 13.2. The molecule has 0 radical (unpaired) electrons. The number of amides is 1. The zero-order chi connectivity index (χ0) is 14.6. The first-order chi connectivity index (χ1) is 9.48. The summed E-state index contributed by atoms with van der Waals surface area (Å²) in [6.45, 7) is 4.51. The zero-order valence-electron chi connectivity index (χ0n) is 12.5. The molecule has 0 heterocycles. The smallest absolute Gasteiger partial charge is 0.224 e. The van der Waals surface area contributed by atoms with Gasteiger partial charge in [-0.15, -0.1) is 0 Å². The topological polar surface area (TPSA) is 49.3 Å². The molecule has 1 aromatic carbocycles. The molecule has 0 spiro atoms. The van der Waals surface area contributed by atoms with Gasteiger partial charge in [-0.3, -0.25) is 4.79 Å². The maximum absolute atomic E-state index is 12.0. The first-order valence-electron chi connectivity index (χ1n) is 7.54. The largest absolute Gasteiger partial charge is 0.388 e. The minimum absolute atomic E-state index is 0.00717. The molecule has 2 N–H and O–H groups in total. The molecule has 1 aliphatic carbocycles. The predicted molar refractivity (Wildman–Crippen MR) is 80.7 cm³/mol. The van der Waals surface area contributed by atoms with Crippen molar-refractivity contribution in [3.05, 3.63) is 34.9 Å². The molecule has 0 aliphatic heterocycles. The Morgan fingerprint density at radius 3 is 2.55 bits per heavy atom. The molecule has 0 atom stereocenters. The van der Waals surface area contributed by atoms with Crippen LogP contribution in [0.25, 0.3) is 0 Å². The number of hydrogen-bond donors (Lipinski definition) is 2. The van der Waals surface area contributed by atoms with Gasteiger partial charge in [0, 0.05) is 6.54 Å². The number of rotatable bonds is 4. The Labute approximate surface area is 121 Å². The third-order valence-corrected chi connectivity index (χ3v) is 4.33. The minimum atomic E-state index is -0.683. The third kappa shape index (κ3) is 4.07. The van der Waals surface area contributed by atoms with E-state index >= 15 is 0 Å². The summed E-state index contributed by atoms with van der Waals surface area (Å²) in [7, 11) is 0. The highest BCUT2D eigenvalue weighted by Gasteiger charge is 2.29. The fourth-order valence-corrected chi connectivity index (χ4v) is 2.81. The standard InChI is InChI=1S/C17H25NO2/c1-13-6-7-15(10-14(13)2)11-16(19)18-12-17(20)8-4-3-5-9-17/h6-7,10,20H,3-5,8-9,11-12H2,1-2H3,(H,18,19). The van der Waals surface area contributed by atoms with E-state index in [0.29, 0.717) is 13.0 Å². The average Bonchev–Trinajstić information content (AvgIpc) is 2.42. The van der Waals surface area contributed by atoms with Crippen molar-refractivity contribution in [3.63, 3.8) is 0 Å². The van der Waals surface area contributed by atoms with E-state index in [-0.39, 0.29) is 5.91 Å². The monoisotopic (exact) mass is 275 g/mol. The van der Waals surface area contributed by atoms with Gasteiger partial charge in [-0.2, -0.15) is 0 Å². The summed E-state index contributed by atoms with van der Waals surface area (Å²) in [6, 6.07) is 6.11. The van der Waals surface area contributed by atoms with Crippen molar-refractivity contribution in [2.24, 2.45) is 0 Å². The van der Waals surface area contributed by atoms with Crippen molar-refractivity contribution in [1.29, 1.82) is 0 Å². The molecule has 2 rings (SSSR count). The van der Waals surface area contributed by atoms with Crippen LogP contribution in [0.1, 0.15) is 48.8 Å². The molecule has 0 bridgehead atoms. The molecule has 1 aliphatic rings. The van der Waals surface area contributed by atoms with Gasteiger partial charge >= 0.3 is 0 Å². The van der Waals surface area contributed by atoms with Crippen LogP contribution in [0.2, 0.25) is 0 Å². The van der Waals surface area contributed by atoms with Gasteiger partial charge in [-0.1, -0.05) is 37.5 Å². The number of aliphatic hydroxyl groups is 1. The van der Waals surface area contributed by atoms with Crippen LogP contribution in [-0.4, -0.2) is 23.2 Å². The van der Waals surface area contributed by atoms with Gasteiger partial charge in [0.25, 0.3) is 0 Å². The van der Waals surface area contributed by atoms with Crippen molar-refractivity contribution in [1.82, 2.24) is 5.32 Å². The number of nitrogens with one attached hydrogen (secondary N) is 1. The van der Waals surface area contributed by atoms with Crippen LogP contribution < -0.4 is 5.32 Å². The Kier molecular flexibility index (Phi) is 4.81. The summed E-state index contributed by atoms with van der Waals surface area (Å²) in [5.41, 5.74) is 2.80. The van der Waals surface area contributed by atoms with Gasteiger partial charge in [0.2, 0.25) is 5.91 Å². The van der Waals surface area contributed by atoms with E-state index in [0.717, 1.165) is 31.2 Å². The van der Waals surface area contributed by atoms with Gasteiger partial charge in [0.05, 0.1) is 12.0 Å². The number of hydrogen-bond acceptors (Lipinski definition) is 2. The van der Waals surface area contributed by atoms with E-state index in [1.54, 1.807) is 0 Å². The maximum atomic E-state index is 12.0. The van der Waals surface area contributed by atoms with E-state index in [9.17, 15) is 9.90 Å². The van der Waals surface area contributed by atoms with E-state index in [1.165, 1.54) is 17.5 Å². The lowest BCUT2D eigenvalue weighted by Gasteiger charge is -2.32. The fraction of sp³-hybridized carbons (Fsp3) is 0.588. The summed E-state index contributed by atoms with van der Waals surface area (Å²) in [4.78, 5) is 12.0. The highest BCUT2D eigenvalue weighted by atomic mass is 16.3. The minimum Gasteiger partial charge on any atom is -0.388 e. The lowest BCUT2D eigenvalue weighted by atomic mass is 9.85. The Balaban J connectivity index is 1.84. The van der Waals surface area contributed by atoms with Crippen LogP contribution in [0, 0.1) is 13.8 Å². The van der Waals surface area contributed by atoms with Gasteiger partial charge in [0.1, 0.15) is 0 Å². The fourth-order valence-electron chi connectivity index (χ4n) is 2.81. The molecule has 3 heteroatoms. The van der Waals surface area contributed by atoms with Crippen molar-refractivity contribution in [2.75, 3.05) is 6.54 Å². The van der Waals surface area contributed by atoms with Gasteiger partial charge in [-0.05, 0) is 43.4 Å². The van der Waals surface area contributed by atoms with Crippen LogP contribution in [0.3, 0.4) is 0 Å². The molecule has 1 amide bonds. The predicted octanol–water partition coefficient (Wildman–Crippen LogP) is 2.66. The van der Waals surface area contributed by atoms with E-state index in [4.69, 9.17) is 0 Å². The second kappa shape index (κ2) is 6.40. The second-order valence-electron chi connectivity index (χ2n) is 6.16. The Morgan fingerprint density at radius 2 is 1.90 bits per heavy atom. The average molecular weight is 275 g/mol. The molecule has 0 aromatic heterocycles. The lowest BCUT2D eigenvalue weighted by Crippen LogP contribution is -2.44. The molecule has 1 fully saturated rings. The normalized spacial score (nSPS) is 17.8. The van der Waals surface area contributed by atoms with Crippen molar-refractivity contribution < 1.29 is 9.90 Å². The Bertz CT molecular complexity index is 476. The van der Waals surface area contributed by atoms with E-state index in [1.807, 2.05) is 12.1 Å². The van der Waals surface area contributed by atoms with Crippen LogP contribution in [0.5, 0.6) is 0 Å². The van der Waals surface area contributed by atoms with Crippen LogP contribution in [0.15, 0.2) is 18.2 Å². The highest BCUT2D eigenvalue weighted by molar-refractivity contribution is 5.78. The van der Waals surface area contributed by atoms with Gasteiger partial charge in [0.15, 0.2) is 0 Å². The number of carbonyl (C=O) groups is 1. The van der Waals surface area contributed by atoms with Gasteiger partial charge < -0.3 is 10.4 Å². The lowest BCUT2D eigenvalue weighted by molar-refractivity contribution is -0.122. The first-order valence-corrected chi connectivity index (χ1v) is 7.54. The quantitative estimate of drug-likeness (QED) is 0.887. The molecular weight excluding hydrogens is 250 g/mol. The van der Waals surface area contributed by atoms with Crippen LogP contribution >= 0.6 is 0 Å². The first kappa shape index (κ1) is 15.0. The summed E-state index contributed by atoms with van der Waals surface area (Å²) < 4.78 is 0. The second-order valence-corrected chi connectivity index (χ2v) is 6.16. The molecule has 1 saturated carbocycles. The number of aryl methyl sites for hydroxylation is 2. The van der Waals surface area contributed by atoms with E-state index in [2.05, 4.69) is 25.2 Å². The molecule has 0 unspecified atom stereocenters. The highest BCUT2D eigenvalue weighted by Crippen LogP contribution is 2.27. The van der Waals surface area contributed by atoms with Crippen molar-refractivity contribution in [3.8, 4) is 0 Å². The van der Waals surface area contributed by atoms with Crippen LogP contribution in [0.4, 0.5) is 0 Å². The maximum Gasteiger partial charge on any atom is 0.224 e. The summed E-state index contributed by atoms with van der Waals surface area (Å²) in [6.07, 6.45) is 5.30. The van der Waals surface area contributed by atoms with Crippen molar-refractivity contribution >= 4 is 5.91 Å². The van der Waals surface area contributed by atoms with Crippen LogP contribution in [-0.2, 0) is 11.2 Å². The molecule has 1 aromatic rings. The Hall–Kier alpha value is -1.35. The molecular formula is C17H25NO2. The molecule has 3 nitrogen and oxygen atoms in total. The van der Waals surface area contributed by atoms with Gasteiger partial charge in [-0.25, -0.2) is 0 Å². The summed E-state index contributed by atoms with van der Waals surface area (Å²) in [5.74, 6) is -0.00717. The zero-order valence-corrected chi connectivity index (χ0v) is 12.5. The summed E-state index contributed by atoms with van der Waals surface area (Å²) >= 11 is 0. The van der Waals surface area contributed by atoms with Crippen molar-refractivity contribution in [2.45, 2.75) is 58.0 Å². The Morgan fingerprint density at radius 1 is 1.20 bits per heavy atom.